The lowest BCUT2D eigenvalue weighted by molar-refractivity contribution is -0.158. The SMILES string of the molecule is O=C(c1ccc(Cl)cc1Cl)C1Oc2cc(OS(=O)(=O)C(F)(F)F)ccc2C1C(F)(F)F. The van der Waals surface area contributed by atoms with Gasteiger partial charge >= 0.3 is 21.8 Å². The Morgan fingerprint density at radius 1 is 1.00 bits per heavy atom. The number of hydrogen-bond donors (Lipinski definition) is 0. The van der Waals surface area contributed by atoms with E-state index in [4.69, 9.17) is 27.9 Å². The molecular weight excluding hydrogens is 501 g/mol. The van der Waals surface area contributed by atoms with Crippen LogP contribution >= 0.6 is 23.2 Å². The van der Waals surface area contributed by atoms with Crippen molar-refractivity contribution in [3.8, 4) is 11.5 Å². The molecule has 2 aromatic rings. The van der Waals surface area contributed by atoms with Crippen molar-refractivity contribution >= 4 is 39.1 Å². The molecule has 3 rings (SSSR count). The van der Waals surface area contributed by atoms with E-state index in [2.05, 4.69) is 4.18 Å². The molecule has 168 valence electrons. The molecule has 0 radical (unpaired) electrons. The molecule has 1 heterocycles. The highest BCUT2D eigenvalue weighted by Gasteiger charge is 2.55. The number of fused-ring (bicyclic) bond motifs is 1. The fourth-order valence-electron chi connectivity index (χ4n) is 2.86. The molecule has 0 saturated carbocycles. The number of rotatable bonds is 4. The first-order valence-corrected chi connectivity index (χ1v) is 10.2. The van der Waals surface area contributed by atoms with Gasteiger partial charge in [0, 0.05) is 22.2 Å². The number of hydrogen-bond acceptors (Lipinski definition) is 5. The van der Waals surface area contributed by atoms with Crippen LogP contribution in [-0.2, 0) is 10.1 Å². The van der Waals surface area contributed by atoms with Crippen LogP contribution in [0.15, 0.2) is 36.4 Å². The summed E-state index contributed by atoms with van der Waals surface area (Å²) < 4.78 is 110. The van der Waals surface area contributed by atoms with Crippen molar-refractivity contribution < 1.29 is 48.5 Å². The van der Waals surface area contributed by atoms with Gasteiger partial charge in [-0.2, -0.15) is 34.8 Å². The summed E-state index contributed by atoms with van der Waals surface area (Å²) in [5.74, 6) is -5.27. The van der Waals surface area contributed by atoms with Crippen LogP contribution in [0.4, 0.5) is 26.3 Å². The van der Waals surface area contributed by atoms with Gasteiger partial charge in [-0.1, -0.05) is 29.3 Å². The Hall–Kier alpha value is -2.18. The molecule has 2 atom stereocenters. The van der Waals surface area contributed by atoms with Crippen LogP contribution in [-0.4, -0.2) is 32.0 Å². The highest BCUT2D eigenvalue weighted by molar-refractivity contribution is 7.88. The minimum Gasteiger partial charge on any atom is -0.481 e. The quantitative estimate of drug-likeness (QED) is 0.235. The summed E-state index contributed by atoms with van der Waals surface area (Å²) in [6.07, 6.45) is -7.16. The van der Waals surface area contributed by atoms with Crippen molar-refractivity contribution in [3.05, 3.63) is 57.6 Å². The minimum atomic E-state index is -6.07. The second kappa shape index (κ2) is 7.75. The van der Waals surface area contributed by atoms with Gasteiger partial charge in [-0.15, -0.1) is 0 Å². The largest absolute Gasteiger partial charge is 0.534 e. The van der Waals surface area contributed by atoms with Crippen molar-refractivity contribution in [3.63, 3.8) is 0 Å². The van der Waals surface area contributed by atoms with E-state index in [1.807, 2.05) is 0 Å². The maximum absolute atomic E-state index is 13.7. The fraction of sp³-hybridized carbons (Fsp3) is 0.235. The Kier molecular flexibility index (Phi) is 5.87. The van der Waals surface area contributed by atoms with Gasteiger partial charge < -0.3 is 8.92 Å². The lowest BCUT2D eigenvalue weighted by Crippen LogP contribution is -2.37. The van der Waals surface area contributed by atoms with Crippen molar-refractivity contribution in [2.24, 2.45) is 0 Å². The number of carbonyl (C=O) groups excluding carboxylic acids is 1. The van der Waals surface area contributed by atoms with Crippen molar-refractivity contribution in [2.75, 3.05) is 0 Å². The molecule has 0 aromatic heterocycles. The van der Waals surface area contributed by atoms with Crippen LogP contribution in [0.1, 0.15) is 21.8 Å². The Morgan fingerprint density at radius 2 is 1.65 bits per heavy atom. The zero-order valence-corrected chi connectivity index (χ0v) is 16.9. The van der Waals surface area contributed by atoms with E-state index in [1.165, 1.54) is 6.07 Å². The van der Waals surface area contributed by atoms with Crippen LogP contribution in [0, 0.1) is 0 Å². The molecule has 0 amide bonds. The van der Waals surface area contributed by atoms with Crippen LogP contribution in [0.3, 0.4) is 0 Å². The summed E-state index contributed by atoms with van der Waals surface area (Å²) >= 11 is 11.6. The Morgan fingerprint density at radius 3 is 2.19 bits per heavy atom. The third-order valence-corrected chi connectivity index (χ3v) is 5.70. The third kappa shape index (κ3) is 4.55. The summed E-state index contributed by atoms with van der Waals surface area (Å²) in [7, 11) is -6.07. The van der Waals surface area contributed by atoms with Gasteiger partial charge in [0.25, 0.3) is 0 Å². The topological polar surface area (TPSA) is 69.7 Å². The predicted octanol–water partition coefficient (Wildman–Crippen LogP) is 5.51. The summed E-state index contributed by atoms with van der Waals surface area (Å²) in [4.78, 5) is 12.7. The summed E-state index contributed by atoms with van der Waals surface area (Å²) in [6, 6.07) is 5.23. The van der Waals surface area contributed by atoms with E-state index >= 15 is 0 Å². The van der Waals surface area contributed by atoms with Gasteiger partial charge in [-0.3, -0.25) is 4.79 Å². The number of alkyl halides is 6. The van der Waals surface area contributed by atoms with Gasteiger partial charge in [-0.25, -0.2) is 0 Å². The lowest BCUT2D eigenvalue weighted by atomic mass is 9.90. The zero-order chi connectivity index (χ0) is 23.4. The Balaban J connectivity index is 2.00. The molecule has 2 aromatic carbocycles. The van der Waals surface area contributed by atoms with E-state index in [0.717, 1.165) is 12.1 Å². The van der Waals surface area contributed by atoms with Crippen molar-refractivity contribution in [1.82, 2.24) is 0 Å². The number of Topliss-reactive ketones (excluding diaryl/α,β-unsaturated/α-hetero) is 1. The first-order valence-electron chi connectivity index (χ1n) is 7.99. The van der Waals surface area contributed by atoms with Gasteiger partial charge in [0.2, 0.25) is 5.78 Å². The molecule has 0 aliphatic carbocycles. The second-order valence-electron chi connectivity index (χ2n) is 6.23. The predicted molar refractivity (Wildman–Crippen MR) is 96.0 cm³/mol. The molecule has 5 nitrogen and oxygen atoms in total. The molecular formula is C17H8Cl2F6O5S. The molecule has 31 heavy (non-hydrogen) atoms. The van der Waals surface area contributed by atoms with Gasteiger partial charge in [0.05, 0.1) is 5.02 Å². The van der Waals surface area contributed by atoms with Crippen molar-refractivity contribution in [1.29, 1.82) is 0 Å². The number of ketones is 1. The maximum atomic E-state index is 13.7. The third-order valence-electron chi connectivity index (χ3n) is 4.17. The van der Waals surface area contributed by atoms with E-state index in [-0.39, 0.29) is 15.6 Å². The molecule has 1 aliphatic rings. The normalized spacial score (nSPS) is 19.0. The lowest BCUT2D eigenvalue weighted by Gasteiger charge is -2.21. The average Bonchev–Trinajstić information content (AvgIpc) is 2.99. The molecule has 2 unspecified atom stereocenters. The Bertz CT molecular complexity index is 1150. The average molecular weight is 509 g/mol. The van der Waals surface area contributed by atoms with Crippen LogP contribution in [0.25, 0.3) is 0 Å². The van der Waals surface area contributed by atoms with E-state index in [9.17, 15) is 39.6 Å². The molecule has 0 spiro atoms. The summed E-state index contributed by atoms with van der Waals surface area (Å²) in [5, 5.41) is -0.115. The smallest absolute Gasteiger partial charge is 0.481 e. The first kappa shape index (κ1) is 23.5. The molecule has 0 saturated heterocycles. The molecule has 0 fully saturated rings. The van der Waals surface area contributed by atoms with Crippen molar-refractivity contribution in [2.45, 2.75) is 23.7 Å². The van der Waals surface area contributed by atoms with Crippen LogP contribution in [0.5, 0.6) is 11.5 Å². The first-order chi connectivity index (χ1) is 14.1. The standard InChI is InChI=1S/C17H8Cl2F6O5S/c18-7-1-3-9(11(19)5-7)14(26)15-13(16(20,21)22)10-4-2-8(6-12(10)29-15)30-31(27,28)17(23,24)25/h1-6,13,15H. The number of benzene rings is 2. The van der Waals surface area contributed by atoms with Gasteiger partial charge in [0.15, 0.2) is 6.10 Å². The summed E-state index contributed by atoms with van der Waals surface area (Å²) in [5.41, 5.74) is -6.67. The molecule has 1 aliphatic heterocycles. The molecule has 0 N–H and O–H groups in total. The highest BCUT2D eigenvalue weighted by atomic mass is 35.5. The monoisotopic (exact) mass is 508 g/mol. The maximum Gasteiger partial charge on any atom is 0.534 e. The second-order valence-corrected chi connectivity index (χ2v) is 8.61. The zero-order valence-electron chi connectivity index (χ0n) is 14.6. The fourth-order valence-corrected chi connectivity index (χ4v) is 3.82. The highest BCUT2D eigenvalue weighted by Crippen LogP contribution is 2.49. The molecule has 14 heteroatoms. The van der Waals surface area contributed by atoms with Gasteiger partial charge in [0.1, 0.15) is 17.4 Å². The van der Waals surface area contributed by atoms with Gasteiger partial charge in [-0.05, 0) is 24.3 Å². The van der Waals surface area contributed by atoms with E-state index < -0.39 is 56.7 Å². The number of carbonyl (C=O) groups is 1. The van der Waals surface area contributed by atoms with E-state index in [0.29, 0.717) is 18.2 Å². The molecule has 0 bridgehead atoms. The number of ether oxygens (including phenoxy) is 1. The minimum absolute atomic E-state index is 0.122. The van der Waals surface area contributed by atoms with Crippen LogP contribution < -0.4 is 8.92 Å². The Labute approximate surface area is 180 Å². The number of halogens is 8. The summed E-state index contributed by atoms with van der Waals surface area (Å²) in [6.45, 7) is 0. The van der Waals surface area contributed by atoms with E-state index in [1.54, 1.807) is 0 Å². The van der Waals surface area contributed by atoms with Crippen LogP contribution in [0.2, 0.25) is 10.0 Å².